The number of Topliss-reactive ketones (excluding diaryl/α,β-unsaturated/α-hetero) is 1. The van der Waals surface area contributed by atoms with Crippen LogP contribution in [0.2, 0.25) is 0 Å². The molecule has 7 aliphatic rings. The van der Waals surface area contributed by atoms with Crippen molar-refractivity contribution < 1.29 is 28.2 Å². The molecule has 0 spiro atoms. The van der Waals surface area contributed by atoms with Crippen LogP contribution in [0, 0.1) is 17.8 Å². The molecule has 11 unspecified atom stereocenters. The number of carbonyl (C=O) groups excluding carboxylic acids is 3. The van der Waals surface area contributed by atoms with Crippen LogP contribution >= 0.6 is 0 Å². The van der Waals surface area contributed by atoms with Crippen LogP contribution in [0.25, 0.3) is 0 Å². The molecule has 0 aromatic carbocycles. The Morgan fingerprint density at radius 1 is 1.02 bits per heavy atom. The van der Waals surface area contributed by atoms with Gasteiger partial charge in [-0.05, 0) is 71.3 Å². The fraction of sp³-hybridized carbons (Fsp3) is 0.848. The third kappa shape index (κ3) is 5.77. The van der Waals surface area contributed by atoms with Crippen LogP contribution in [0.1, 0.15) is 78.6 Å². The topological polar surface area (TPSA) is 112 Å². The van der Waals surface area contributed by atoms with E-state index in [2.05, 4.69) is 25.8 Å². The molecule has 0 aromatic rings. The van der Waals surface area contributed by atoms with Gasteiger partial charge in [-0.25, -0.2) is 9.18 Å². The van der Waals surface area contributed by atoms with Crippen molar-refractivity contribution in [3.63, 3.8) is 0 Å². The zero-order valence-corrected chi connectivity index (χ0v) is 26.4. The van der Waals surface area contributed by atoms with Crippen molar-refractivity contribution in [2.75, 3.05) is 26.2 Å². The first-order valence-corrected chi connectivity index (χ1v) is 17.1. The standard InChI is InChI=1S/C33H50FN5O5/c1-33(2,3)44-32(42)37-21-9-11-38(16-21)28-24(34)14-22-27-30(28)43-26-13-19-7-5-4-6-18(19)12-25(26)39(27)17-23(29(22)40)31(41)36-20-8-10-35-15-20/h17-22,24-28,30,35H,4-16H2,1-3H3,(H,36,41)(H,37,42). The minimum atomic E-state index is -1.28. The molecule has 11 heteroatoms. The molecule has 44 heavy (non-hydrogen) atoms. The molecule has 3 saturated carbocycles. The van der Waals surface area contributed by atoms with Gasteiger partial charge in [0, 0.05) is 43.8 Å². The molecule has 3 aliphatic carbocycles. The molecule has 11 atom stereocenters. The highest BCUT2D eigenvalue weighted by molar-refractivity contribution is 6.20. The van der Waals surface area contributed by atoms with E-state index in [1.807, 2.05) is 27.0 Å². The highest BCUT2D eigenvalue weighted by atomic mass is 19.1. The molecular formula is C33H50FN5O5. The SMILES string of the molecule is CC(C)(C)OC(=O)NC1CCN(C2C(F)CC3C(=O)C(C(=O)NC4CCNC4)=CN4C5CC6CCCCC6CC5OC2C34)C1. The second-order valence-electron chi connectivity index (χ2n) is 15.5. The van der Waals surface area contributed by atoms with Crippen molar-refractivity contribution in [3.05, 3.63) is 11.8 Å². The first kappa shape index (κ1) is 30.4. The average molecular weight is 616 g/mol. The fourth-order valence-electron chi connectivity index (χ4n) is 9.56. The Kier molecular flexibility index (Phi) is 8.19. The summed E-state index contributed by atoms with van der Waals surface area (Å²) in [5.41, 5.74) is -0.417. The molecule has 0 aromatic heterocycles. The molecule has 4 heterocycles. The predicted octanol–water partition coefficient (Wildman–Crippen LogP) is 2.66. The number of likely N-dealkylation sites (tertiary alicyclic amines) is 1. The maximum absolute atomic E-state index is 16.5. The molecule has 0 bridgehead atoms. The molecule has 244 valence electrons. The van der Waals surface area contributed by atoms with Gasteiger partial charge in [-0.1, -0.05) is 25.7 Å². The van der Waals surface area contributed by atoms with Crippen molar-refractivity contribution in [2.24, 2.45) is 17.8 Å². The van der Waals surface area contributed by atoms with Crippen LogP contribution < -0.4 is 16.0 Å². The molecule has 0 radical (unpaired) electrons. The first-order chi connectivity index (χ1) is 21.1. The Morgan fingerprint density at radius 3 is 2.52 bits per heavy atom. The van der Waals surface area contributed by atoms with E-state index in [-0.39, 0.29) is 54.0 Å². The lowest BCUT2D eigenvalue weighted by molar-refractivity contribution is -0.219. The Balaban J connectivity index is 1.16. The van der Waals surface area contributed by atoms with Gasteiger partial charge in [-0.2, -0.15) is 0 Å². The Labute approximate surface area is 260 Å². The number of nitrogens with zero attached hydrogens (tertiary/aromatic N) is 2. The van der Waals surface area contributed by atoms with E-state index < -0.39 is 35.9 Å². The lowest BCUT2D eigenvalue weighted by atomic mass is 9.64. The van der Waals surface area contributed by atoms with Crippen LogP contribution in [0.3, 0.4) is 0 Å². The fourth-order valence-corrected chi connectivity index (χ4v) is 9.56. The summed E-state index contributed by atoms with van der Waals surface area (Å²) < 4.78 is 28.9. The Hall–Kier alpha value is -2.24. The molecule has 6 fully saturated rings. The summed E-state index contributed by atoms with van der Waals surface area (Å²) in [4.78, 5) is 44.4. The van der Waals surface area contributed by atoms with E-state index in [1.54, 1.807) is 0 Å². The summed E-state index contributed by atoms with van der Waals surface area (Å²) in [7, 11) is 0. The third-order valence-electron chi connectivity index (χ3n) is 11.5. The monoisotopic (exact) mass is 615 g/mol. The van der Waals surface area contributed by atoms with E-state index in [4.69, 9.17) is 9.47 Å². The number of halogens is 1. The number of rotatable bonds is 4. The smallest absolute Gasteiger partial charge is 0.407 e. The van der Waals surface area contributed by atoms with Crippen molar-refractivity contribution >= 4 is 17.8 Å². The van der Waals surface area contributed by atoms with Gasteiger partial charge in [0.25, 0.3) is 5.91 Å². The minimum absolute atomic E-state index is 0.00107. The molecule has 4 aliphatic heterocycles. The molecule has 3 N–H and O–H groups in total. The van der Waals surface area contributed by atoms with Crippen molar-refractivity contribution in [1.29, 1.82) is 0 Å². The molecule has 10 nitrogen and oxygen atoms in total. The molecule has 3 saturated heterocycles. The maximum atomic E-state index is 16.5. The van der Waals surface area contributed by atoms with Gasteiger partial charge in [0.2, 0.25) is 0 Å². The first-order valence-electron chi connectivity index (χ1n) is 17.1. The number of carbonyl (C=O) groups is 3. The number of fused-ring (bicyclic) bond motifs is 3. The van der Waals surface area contributed by atoms with E-state index in [9.17, 15) is 14.4 Å². The van der Waals surface area contributed by atoms with Gasteiger partial charge >= 0.3 is 6.09 Å². The summed E-state index contributed by atoms with van der Waals surface area (Å²) in [6, 6.07) is -0.884. The van der Waals surface area contributed by atoms with Crippen LogP contribution in [0.4, 0.5) is 9.18 Å². The number of morpholine rings is 1. The van der Waals surface area contributed by atoms with E-state index >= 15 is 4.39 Å². The zero-order chi connectivity index (χ0) is 30.7. The number of nitrogens with one attached hydrogen (secondary N) is 3. The second-order valence-corrected chi connectivity index (χ2v) is 15.5. The van der Waals surface area contributed by atoms with Crippen molar-refractivity contribution in [3.8, 4) is 0 Å². The highest BCUT2D eigenvalue weighted by Gasteiger charge is 2.61. The number of alkyl halides is 1. The summed E-state index contributed by atoms with van der Waals surface area (Å²) >= 11 is 0. The lowest BCUT2D eigenvalue weighted by Crippen LogP contribution is -2.73. The number of amides is 2. The summed E-state index contributed by atoms with van der Waals surface area (Å²) in [6.07, 6.45) is 8.03. The van der Waals surface area contributed by atoms with E-state index in [0.29, 0.717) is 37.9 Å². The van der Waals surface area contributed by atoms with Crippen LogP contribution in [-0.2, 0) is 19.1 Å². The average Bonchev–Trinajstić information content (AvgIpc) is 3.64. The van der Waals surface area contributed by atoms with Crippen LogP contribution in [0.5, 0.6) is 0 Å². The predicted molar refractivity (Wildman–Crippen MR) is 161 cm³/mol. The quantitative estimate of drug-likeness (QED) is 0.414. The van der Waals surface area contributed by atoms with E-state index in [1.165, 1.54) is 25.7 Å². The second kappa shape index (κ2) is 11.8. The third-order valence-corrected chi connectivity index (χ3v) is 11.5. The number of ketones is 1. The van der Waals surface area contributed by atoms with Gasteiger partial charge in [0.15, 0.2) is 5.78 Å². The van der Waals surface area contributed by atoms with Crippen LogP contribution in [0.15, 0.2) is 11.8 Å². The minimum Gasteiger partial charge on any atom is -0.444 e. The zero-order valence-electron chi connectivity index (χ0n) is 26.4. The van der Waals surface area contributed by atoms with Gasteiger partial charge in [-0.15, -0.1) is 0 Å². The van der Waals surface area contributed by atoms with E-state index in [0.717, 1.165) is 25.8 Å². The van der Waals surface area contributed by atoms with Gasteiger partial charge in [0.05, 0.1) is 35.9 Å². The molecule has 2 amide bonds. The largest absolute Gasteiger partial charge is 0.444 e. The number of hydrogen-bond donors (Lipinski definition) is 3. The summed E-state index contributed by atoms with van der Waals surface area (Å²) in [5.74, 6) is 0.0363. The highest BCUT2D eigenvalue weighted by Crippen LogP contribution is 2.51. The van der Waals surface area contributed by atoms with Crippen LogP contribution in [-0.4, -0.2) is 108 Å². The van der Waals surface area contributed by atoms with Crippen molar-refractivity contribution in [1.82, 2.24) is 25.8 Å². The van der Waals surface area contributed by atoms with Gasteiger partial charge in [0.1, 0.15) is 11.8 Å². The maximum Gasteiger partial charge on any atom is 0.407 e. The Bertz CT molecular complexity index is 1170. The number of hydrogen-bond acceptors (Lipinski definition) is 8. The molecular weight excluding hydrogens is 565 g/mol. The normalized spacial score (nSPS) is 42.1. The molecule has 7 rings (SSSR count). The number of ether oxygens (including phenoxy) is 2. The lowest BCUT2D eigenvalue weighted by Gasteiger charge is -2.61. The van der Waals surface area contributed by atoms with Gasteiger partial charge in [-0.3, -0.25) is 14.5 Å². The summed E-state index contributed by atoms with van der Waals surface area (Å²) in [5, 5.41) is 9.31. The number of alkyl carbamates (subject to hydrolysis) is 1. The van der Waals surface area contributed by atoms with Gasteiger partial charge < -0.3 is 30.3 Å². The van der Waals surface area contributed by atoms with Crippen molar-refractivity contribution in [2.45, 2.75) is 133 Å². The Morgan fingerprint density at radius 2 is 1.80 bits per heavy atom. The summed E-state index contributed by atoms with van der Waals surface area (Å²) in [6.45, 7) is 8.18.